The molecule has 2 rings (SSSR count). The number of benzene rings is 2. The number of hydrogen-bond donors (Lipinski definition) is 1. The SMILES string of the molecule is N#CC(=Cc1ccccc1C(F)(F)F)C(=O)Nc1ccc(Cl)cc1Cl. The molecule has 0 unspecified atom stereocenters. The van der Waals surface area contributed by atoms with Crippen LogP contribution in [0.4, 0.5) is 18.9 Å². The number of nitrogens with zero attached hydrogens (tertiary/aromatic N) is 1. The lowest BCUT2D eigenvalue weighted by molar-refractivity contribution is -0.137. The summed E-state index contributed by atoms with van der Waals surface area (Å²) in [6, 6.07) is 10.5. The molecule has 0 aromatic heterocycles. The number of nitriles is 1. The molecule has 3 nitrogen and oxygen atoms in total. The van der Waals surface area contributed by atoms with Gasteiger partial charge in [-0.3, -0.25) is 4.79 Å². The van der Waals surface area contributed by atoms with E-state index in [-0.39, 0.29) is 16.3 Å². The number of amides is 1. The van der Waals surface area contributed by atoms with Crippen LogP contribution in [0.3, 0.4) is 0 Å². The molecular formula is C17H9Cl2F3N2O. The average Bonchev–Trinajstić information content (AvgIpc) is 2.54. The smallest absolute Gasteiger partial charge is 0.320 e. The highest BCUT2D eigenvalue weighted by atomic mass is 35.5. The highest BCUT2D eigenvalue weighted by Gasteiger charge is 2.32. The summed E-state index contributed by atoms with van der Waals surface area (Å²) in [7, 11) is 0. The van der Waals surface area contributed by atoms with E-state index in [2.05, 4.69) is 5.32 Å². The van der Waals surface area contributed by atoms with Gasteiger partial charge in [0.1, 0.15) is 11.6 Å². The van der Waals surface area contributed by atoms with Crippen LogP contribution in [0.15, 0.2) is 48.0 Å². The van der Waals surface area contributed by atoms with Gasteiger partial charge >= 0.3 is 6.18 Å². The van der Waals surface area contributed by atoms with E-state index >= 15 is 0 Å². The molecule has 0 radical (unpaired) electrons. The first-order valence-electron chi connectivity index (χ1n) is 6.77. The minimum absolute atomic E-state index is 0.133. The maximum absolute atomic E-state index is 13.0. The Morgan fingerprint density at radius 1 is 1.16 bits per heavy atom. The molecule has 0 aliphatic heterocycles. The molecule has 2 aromatic rings. The summed E-state index contributed by atoms with van der Waals surface area (Å²) in [4.78, 5) is 12.2. The minimum atomic E-state index is -4.61. The zero-order chi connectivity index (χ0) is 18.6. The van der Waals surface area contributed by atoms with Crippen molar-refractivity contribution in [3.05, 3.63) is 69.2 Å². The quantitative estimate of drug-likeness (QED) is 0.556. The Morgan fingerprint density at radius 2 is 1.84 bits per heavy atom. The van der Waals surface area contributed by atoms with Gasteiger partial charge in [-0.25, -0.2) is 0 Å². The molecule has 0 saturated heterocycles. The lowest BCUT2D eigenvalue weighted by Gasteiger charge is -2.11. The van der Waals surface area contributed by atoms with Crippen molar-refractivity contribution in [2.75, 3.05) is 5.32 Å². The van der Waals surface area contributed by atoms with Crippen molar-refractivity contribution in [1.82, 2.24) is 0 Å². The molecule has 1 N–H and O–H groups in total. The van der Waals surface area contributed by atoms with Gasteiger partial charge in [0.25, 0.3) is 5.91 Å². The van der Waals surface area contributed by atoms with Crippen LogP contribution >= 0.6 is 23.2 Å². The van der Waals surface area contributed by atoms with Crippen LogP contribution in [0, 0.1) is 11.3 Å². The first kappa shape index (κ1) is 18.8. The Morgan fingerprint density at radius 3 is 2.44 bits per heavy atom. The van der Waals surface area contributed by atoms with E-state index in [0.717, 1.165) is 12.1 Å². The topological polar surface area (TPSA) is 52.9 Å². The lowest BCUT2D eigenvalue weighted by atomic mass is 10.0. The second kappa shape index (κ2) is 7.60. The normalized spacial score (nSPS) is 11.8. The Hall–Kier alpha value is -2.49. The average molecular weight is 385 g/mol. The lowest BCUT2D eigenvalue weighted by Crippen LogP contribution is -2.14. The molecule has 0 fully saturated rings. The molecular weight excluding hydrogens is 376 g/mol. The van der Waals surface area contributed by atoms with Crippen LogP contribution in [0.1, 0.15) is 11.1 Å². The van der Waals surface area contributed by atoms with E-state index in [9.17, 15) is 18.0 Å². The molecule has 0 spiro atoms. The maximum atomic E-state index is 13.0. The van der Waals surface area contributed by atoms with Gasteiger partial charge in [0, 0.05) is 5.02 Å². The van der Waals surface area contributed by atoms with Crippen LogP contribution in [0.5, 0.6) is 0 Å². The van der Waals surface area contributed by atoms with Crippen LogP contribution in [0.2, 0.25) is 10.0 Å². The number of nitrogens with one attached hydrogen (secondary N) is 1. The zero-order valence-corrected chi connectivity index (χ0v) is 13.9. The van der Waals surface area contributed by atoms with Crippen LogP contribution < -0.4 is 5.32 Å². The number of halogens is 5. The molecule has 0 heterocycles. The molecule has 0 atom stereocenters. The van der Waals surface area contributed by atoms with Crippen molar-refractivity contribution >= 4 is 40.9 Å². The summed E-state index contributed by atoms with van der Waals surface area (Å²) in [5.74, 6) is -0.885. The number of hydrogen-bond acceptors (Lipinski definition) is 2. The summed E-state index contributed by atoms with van der Waals surface area (Å²) in [5.41, 5.74) is -1.55. The third kappa shape index (κ3) is 4.75. The van der Waals surface area contributed by atoms with Crippen molar-refractivity contribution in [2.45, 2.75) is 6.18 Å². The standard InChI is InChI=1S/C17H9Cl2F3N2O/c18-12-5-6-15(14(19)8-12)24-16(25)11(9-23)7-10-3-1-2-4-13(10)17(20,21)22/h1-8H,(H,24,25). The van der Waals surface area contributed by atoms with Crippen LogP contribution in [0.25, 0.3) is 6.08 Å². The van der Waals surface area contributed by atoms with E-state index in [1.165, 1.54) is 36.4 Å². The Bertz CT molecular complexity index is 886. The predicted octanol–water partition coefficient (Wildman–Crippen LogP) is 5.56. The van der Waals surface area contributed by atoms with Crippen molar-refractivity contribution in [3.8, 4) is 6.07 Å². The third-order valence-corrected chi connectivity index (χ3v) is 3.66. The van der Waals surface area contributed by atoms with Gasteiger partial charge in [-0.2, -0.15) is 18.4 Å². The molecule has 1 amide bonds. The highest BCUT2D eigenvalue weighted by Crippen LogP contribution is 2.33. The minimum Gasteiger partial charge on any atom is -0.320 e. The highest BCUT2D eigenvalue weighted by molar-refractivity contribution is 6.36. The summed E-state index contributed by atoms with van der Waals surface area (Å²) in [6.07, 6.45) is -3.73. The van der Waals surface area contributed by atoms with E-state index < -0.39 is 23.2 Å². The van der Waals surface area contributed by atoms with Crippen molar-refractivity contribution in [2.24, 2.45) is 0 Å². The predicted molar refractivity (Wildman–Crippen MR) is 90.1 cm³/mol. The van der Waals surface area contributed by atoms with Gasteiger partial charge in [-0.1, -0.05) is 41.4 Å². The van der Waals surface area contributed by atoms with Crippen molar-refractivity contribution in [1.29, 1.82) is 5.26 Å². The fraction of sp³-hybridized carbons (Fsp3) is 0.0588. The van der Waals surface area contributed by atoms with Gasteiger partial charge < -0.3 is 5.32 Å². The Labute approximate surface area is 151 Å². The van der Waals surface area contributed by atoms with Gasteiger partial charge in [0.15, 0.2) is 0 Å². The number of carbonyl (C=O) groups is 1. The summed E-state index contributed by atoms with van der Waals surface area (Å²) < 4.78 is 39.0. The van der Waals surface area contributed by atoms with Gasteiger partial charge in [0.05, 0.1) is 16.3 Å². The van der Waals surface area contributed by atoms with Gasteiger partial charge in [-0.15, -0.1) is 0 Å². The van der Waals surface area contributed by atoms with E-state index in [1.807, 2.05) is 0 Å². The van der Waals surface area contributed by atoms with E-state index in [4.69, 9.17) is 28.5 Å². The molecule has 2 aromatic carbocycles. The Balaban J connectivity index is 2.35. The number of alkyl halides is 3. The van der Waals surface area contributed by atoms with Crippen molar-refractivity contribution < 1.29 is 18.0 Å². The summed E-state index contributed by atoms with van der Waals surface area (Å²) in [5, 5.41) is 12.0. The molecule has 128 valence electrons. The van der Waals surface area contributed by atoms with Gasteiger partial charge in [-0.05, 0) is 35.9 Å². The zero-order valence-electron chi connectivity index (χ0n) is 12.4. The van der Waals surface area contributed by atoms with E-state index in [1.54, 1.807) is 6.07 Å². The number of carbonyl (C=O) groups excluding carboxylic acids is 1. The third-order valence-electron chi connectivity index (χ3n) is 3.11. The number of rotatable bonds is 3. The molecule has 0 saturated carbocycles. The second-order valence-electron chi connectivity index (χ2n) is 4.83. The summed E-state index contributed by atoms with van der Waals surface area (Å²) >= 11 is 11.7. The van der Waals surface area contributed by atoms with Crippen molar-refractivity contribution in [3.63, 3.8) is 0 Å². The molecule has 0 aliphatic rings. The number of anilines is 1. The van der Waals surface area contributed by atoms with Crippen LogP contribution in [-0.4, -0.2) is 5.91 Å². The monoisotopic (exact) mass is 384 g/mol. The maximum Gasteiger partial charge on any atom is 0.416 e. The molecule has 0 bridgehead atoms. The summed E-state index contributed by atoms with van der Waals surface area (Å²) in [6.45, 7) is 0. The molecule has 25 heavy (non-hydrogen) atoms. The van der Waals surface area contributed by atoms with Gasteiger partial charge in [0.2, 0.25) is 0 Å². The first-order valence-corrected chi connectivity index (χ1v) is 7.52. The fourth-order valence-corrected chi connectivity index (χ4v) is 2.42. The first-order chi connectivity index (χ1) is 11.7. The van der Waals surface area contributed by atoms with Crippen LogP contribution in [-0.2, 0) is 11.0 Å². The largest absolute Gasteiger partial charge is 0.416 e. The van der Waals surface area contributed by atoms with E-state index in [0.29, 0.717) is 5.02 Å². The molecule has 0 aliphatic carbocycles. The molecule has 8 heteroatoms. The Kier molecular flexibility index (Phi) is 5.73. The fourth-order valence-electron chi connectivity index (χ4n) is 1.97. The second-order valence-corrected chi connectivity index (χ2v) is 5.68.